The van der Waals surface area contributed by atoms with Crippen LogP contribution in [-0.2, 0) is 73.5 Å². The molecule has 0 fully saturated rings. The second-order valence-corrected chi connectivity index (χ2v) is 25.7. The summed E-state index contributed by atoms with van der Waals surface area (Å²) in [5.41, 5.74) is 45.4. The van der Waals surface area contributed by atoms with Crippen LogP contribution in [0.15, 0.2) is 35.3 Å². The molecule has 0 aliphatic carbocycles. The third kappa shape index (κ3) is 34.8. The summed E-state index contributed by atoms with van der Waals surface area (Å²) < 4.78 is 0. The van der Waals surface area contributed by atoms with Gasteiger partial charge in [0.15, 0.2) is 5.96 Å². The summed E-state index contributed by atoms with van der Waals surface area (Å²) >= 11 is 0. The monoisotopic (exact) mass is 1390 g/mol. The van der Waals surface area contributed by atoms with E-state index in [0.29, 0.717) is 37.8 Å². The van der Waals surface area contributed by atoms with Crippen LogP contribution in [-0.4, -0.2) is 180 Å². The molecule has 1 rings (SSSR count). The number of rotatable bonds is 50. The van der Waals surface area contributed by atoms with Crippen LogP contribution in [0, 0.1) is 23.7 Å². The molecule has 0 spiro atoms. The van der Waals surface area contributed by atoms with Gasteiger partial charge in [0.25, 0.3) is 0 Å². The topological polar surface area (TPSA) is 600 Å². The van der Waals surface area contributed by atoms with Crippen LogP contribution in [0.3, 0.4) is 0 Å². The molecular weight excluding hydrogens is 1270 g/mol. The van der Waals surface area contributed by atoms with E-state index in [9.17, 15) is 72.2 Å². The van der Waals surface area contributed by atoms with Gasteiger partial charge in [0.05, 0.1) is 12.5 Å². The number of nitrogens with zero attached hydrogens (tertiary/aromatic N) is 1. The molecule has 0 unspecified atom stereocenters. The Labute approximate surface area is 573 Å². The molecule has 34 heteroatoms. The van der Waals surface area contributed by atoms with Gasteiger partial charge in [-0.2, -0.15) is 0 Å². The number of carbonyl (C=O) groups excluding carboxylic acids is 13. The number of carboxylic acid groups (broad SMARTS) is 1. The number of nitrogens with one attached hydrogen (secondary N) is 10. The molecule has 1 aromatic rings. The standard InChI is InChI=1S/C64H111N19O15/c1-9-37(8)52(62(96)81-46(32-38-18-11-10-12-19-38)58(92)77-43(63(97)98)22-17-29-73-64(71)72)83-60(94)47(33-50(70)86)80-54(88)40(21-14-16-28-66)74-57(91)44(30-34(2)3)79-56(90)41(23-25-48(68)84)75-55(89)42(24-26-49(69)85)76-61(95)51(36(6)7)82-59(93)45(31-35(4)5)78-53(87)39(67)20-13-15-27-65/h10-12,18-19,34-37,39-47,51-52H,9,13-17,20-33,65-67H2,1-8H3,(H2,68,84)(H2,69,85)(H2,70,86)(H,74,91)(H,75,89)(H,76,95)(H,77,92)(H,78,87)(H,79,90)(H,80,88)(H,81,96)(H,82,93)(H,83,94)(H,97,98)(H4,71,72,73)/t37-,39-,40-,41-,42-,43-,44-,45-,46-,47-,51-,52-/m0/s1. The number of guanidine groups is 1. The molecule has 0 heterocycles. The van der Waals surface area contributed by atoms with Crippen LogP contribution < -0.4 is 99.0 Å². The quantitative estimate of drug-likeness (QED) is 0.0168. The normalized spacial score (nSPS) is 14.9. The van der Waals surface area contributed by atoms with Crippen LogP contribution in [0.2, 0.25) is 0 Å². The van der Waals surface area contributed by atoms with Gasteiger partial charge in [-0.3, -0.25) is 67.3 Å². The number of nitrogens with two attached hydrogens (primary N) is 8. The molecular formula is C64H111N19O15. The van der Waals surface area contributed by atoms with Crippen molar-refractivity contribution in [1.29, 1.82) is 0 Å². The van der Waals surface area contributed by atoms with E-state index in [0.717, 1.165) is 0 Å². The predicted octanol–water partition coefficient (Wildman–Crippen LogP) is -4.00. The highest BCUT2D eigenvalue weighted by Crippen LogP contribution is 2.16. The number of primary amides is 3. The van der Waals surface area contributed by atoms with E-state index in [1.165, 1.54) is 0 Å². The van der Waals surface area contributed by atoms with Crippen LogP contribution >= 0.6 is 0 Å². The summed E-state index contributed by atoms with van der Waals surface area (Å²) in [6.07, 6.45) is -0.481. The first-order valence-electron chi connectivity index (χ1n) is 33.4. The van der Waals surface area contributed by atoms with Crippen molar-refractivity contribution in [3.8, 4) is 0 Å². The number of hydrogen-bond donors (Lipinski definition) is 19. The Kier molecular flexibility index (Phi) is 41.0. The lowest BCUT2D eigenvalue weighted by Crippen LogP contribution is -2.61. The lowest BCUT2D eigenvalue weighted by molar-refractivity contribution is -0.142. The van der Waals surface area contributed by atoms with Crippen LogP contribution in [0.25, 0.3) is 0 Å². The van der Waals surface area contributed by atoms with Crippen molar-refractivity contribution in [1.82, 2.24) is 53.2 Å². The molecule has 27 N–H and O–H groups in total. The van der Waals surface area contributed by atoms with Gasteiger partial charge >= 0.3 is 5.97 Å². The molecule has 12 atom stereocenters. The molecule has 0 radical (unpaired) electrons. The van der Waals surface area contributed by atoms with E-state index < -0.39 is 193 Å². The Morgan fingerprint density at radius 2 is 0.816 bits per heavy atom. The second kappa shape index (κ2) is 46.2. The number of unbranched alkanes of at least 4 members (excludes halogenated alkanes) is 2. The first kappa shape index (κ1) is 87.0. The Hall–Kier alpha value is -9.05. The highest BCUT2D eigenvalue weighted by Gasteiger charge is 2.38. The van der Waals surface area contributed by atoms with Crippen molar-refractivity contribution < 1.29 is 72.2 Å². The number of hydrogen-bond acceptors (Lipinski definition) is 18. The molecule has 1 aromatic carbocycles. The molecule has 0 aliphatic heterocycles. The summed E-state index contributed by atoms with van der Waals surface area (Å²) in [5.74, 6) is -15.4. The highest BCUT2D eigenvalue weighted by atomic mass is 16.4. The average molecular weight is 1390 g/mol. The van der Waals surface area contributed by atoms with Crippen molar-refractivity contribution in [3.05, 3.63) is 35.9 Å². The highest BCUT2D eigenvalue weighted by molar-refractivity contribution is 6.00. The van der Waals surface area contributed by atoms with Crippen molar-refractivity contribution in [3.63, 3.8) is 0 Å². The maximum atomic E-state index is 14.5. The van der Waals surface area contributed by atoms with Crippen molar-refractivity contribution >= 4 is 88.7 Å². The van der Waals surface area contributed by atoms with E-state index in [1.807, 2.05) is 13.8 Å². The maximum absolute atomic E-state index is 14.5. The Morgan fingerprint density at radius 1 is 0.429 bits per heavy atom. The summed E-state index contributed by atoms with van der Waals surface area (Å²) in [5, 5.41) is 35.7. The lowest BCUT2D eigenvalue weighted by Gasteiger charge is -2.30. The fraction of sp³-hybridized carbons (Fsp3) is 0.672. The van der Waals surface area contributed by atoms with Crippen LogP contribution in [0.4, 0.5) is 0 Å². The maximum Gasteiger partial charge on any atom is 0.326 e. The van der Waals surface area contributed by atoms with Crippen LogP contribution in [0.1, 0.15) is 164 Å². The van der Waals surface area contributed by atoms with E-state index >= 15 is 0 Å². The largest absolute Gasteiger partial charge is 0.480 e. The molecule has 0 aliphatic rings. The number of amides is 13. The molecule has 0 aromatic heterocycles. The second-order valence-electron chi connectivity index (χ2n) is 25.7. The minimum atomic E-state index is -1.79. The van der Waals surface area contributed by atoms with Crippen molar-refractivity contribution in [2.75, 3.05) is 19.6 Å². The zero-order valence-corrected chi connectivity index (χ0v) is 57.9. The van der Waals surface area contributed by atoms with Crippen molar-refractivity contribution in [2.45, 2.75) is 231 Å². The fourth-order valence-corrected chi connectivity index (χ4v) is 10.1. The van der Waals surface area contributed by atoms with Gasteiger partial charge < -0.3 is 104 Å². The Morgan fingerprint density at radius 3 is 1.28 bits per heavy atom. The molecule has 552 valence electrons. The van der Waals surface area contributed by atoms with Gasteiger partial charge in [-0.25, -0.2) is 4.79 Å². The van der Waals surface area contributed by atoms with Gasteiger partial charge in [-0.05, 0) is 113 Å². The minimum absolute atomic E-state index is 0.0679. The third-order valence-corrected chi connectivity index (χ3v) is 15.7. The van der Waals surface area contributed by atoms with Gasteiger partial charge in [-0.1, -0.05) is 98.6 Å². The van der Waals surface area contributed by atoms with E-state index in [1.54, 1.807) is 71.9 Å². The van der Waals surface area contributed by atoms with Gasteiger partial charge in [0, 0.05) is 25.8 Å². The number of carbonyl (C=O) groups is 14. The third-order valence-electron chi connectivity index (χ3n) is 15.7. The van der Waals surface area contributed by atoms with Gasteiger partial charge in [0.1, 0.15) is 60.4 Å². The molecule has 0 saturated heterocycles. The molecule has 0 saturated carbocycles. The smallest absolute Gasteiger partial charge is 0.326 e. The Bertz CT molecular complexity index is 2820. The molecule has 34 nitrogen and oxygen atoms in total. The summed E-state index contributed by atoms with van der Waals surface area (Å²) in [4.78, 5) is 195. The van der Waals surface area contributed by atoms with Gasteiger partial charge in [0.2, 0.25) is 76.8 Å². The summed E-state index contributed by atoms with van der Waals surface area (Å²) in [6.45, 7) is 14.2. The molecule has 13 amide bonds. The Balaban J connectivity index is 3.67. The van der Waals surface area contributed by atoms with E-state index in [2.05, 4.69) is 58.2 Å². The fourth-order valence-electron chi connectivity index (χ4n) is 10.1. The van der Waals surface area contributed by atoms with Crippen LogP contribution in [0.5, 0.6) is 0 Å². The number of carboxylic acids is 1. The SMILES string of the molecule is CC[C@H](C)[C@H](NC(=O)[C@H](CC(N)=O)NC(=O)[C@H](CCCCN)NC(=O)[C@H](CC(C)C)NC(=O)[C@H](CCC(N)=O)NC(=O)[C@H](CCC(N)=O)NC(=O)[C@@H](NC(=O)[C@H](CC(C)C)NC(=O)[C@@H](N)CCCCN)C(C)C)C(=O)N[C@@H](Cc1ccccc1)C(=O)N[C@@H](CCCN=C(N)N)C(=O)O. The zero-order valence-electron chi connectivity index (χ0n) is 57.9. The number of aliphatic carboxylic acids is 1. The number of benzene rings is 1. The van der Waals surface area contributed by atoms with E-state index in [4.69, 9.17) is 45.9 Å². The van der Waals surface area contributed by atoms with E-state index in [-0.39, 0.29) is 82.3 Å². The summed E-state index contributed by atoms with van der Waals surface area (Å²) in [6, 6.07) is -7.32. The molecule has 0 bridgehead atoms. The average Bonchev–Trinajstić information content (AvgIpc) is 0.859. The predicted molar refractivity (Wildman–Crippen MR) is 365 cm³/mol. The molecule has 98 heavy (non-hydrogen) atoms. The first-order valence-corrected chi connectivity index (χ1v) is 33.4. The number of aliphatic imine (C=N–C) groups is 1. The lowest BCUT2D eigenvalue weighted by atomic mass is 9.96. The summed E-state index contributed by atoms with van der Waals surface area (Å²) in [7, 11) is 0. The van der Waals surface area contributed by atoms with Crippen molar-refractivity contribution in [2.24, 2.45) is 74.5 Å². The first-order chi connectivity index (χ1) is 46.0. The zero-order chi connectivity index (χ0) is 74.4. The van der Waals surface area contributed by atoms with Gasteiger partial charge in [-0.15, -0.1) is 0 Å². The minimum Gasteiger partial charge on any atom is -0.480 e.